The molecule has 1 aromatic carbocycles. The third-order valence-electron chi connectivity index (χ3n) is 2.68. The van der Waals surface area contributed by atoms with Crippen molar-refractivity contribution in [3.63, 3.8) is 0 Å². The second kappa shape index (κ2) is 7.50. The van der Waals surface area contributed by atoms with Gasteiger partial charge in [0.25, 0.3) is 0 Å². The first-order chi connectivity index (χ1) is 8.90. The summed E-state index contributed by atoms with van der Waals surface area (Å²) < 4.78 is 36.6. The fourth-order valence-electron chi connectivity index (χ4n) is 1.85. The van der Waals surface area contributed by atoms with Crippen molar-refractivity contribution in [1.82, 2.24) is 10.2 Å². The van der Waals surface area contributed by atoms with Gasteiger partial charge in [-0.15, -0.1) is 0 Å². The minimum atomic E-state index is -4.14. The van der Waals surface area contributed by atoms with Crippen LogP contribution in [0.4, 0.5) is 13.2 Å². The highest BCUT2D eigenvalue weighted by molar-refractivity contribution is 5.22. The van der Waals surface area contributed by atoms with Crippen molar-refractivity contribution in [1.29, 1.82) is 0 Å². The molecule has 5 heteroatoms. The molecule has 19 heavy (non-hydrogen) atoms. The molecule has 1 N–H and O–H groups in total. The highest BCUT2D eigenvalue weighted by atomic mass is 19.4. The van der Waals surface area contributed by atoms with Gasteiger partial charge in [-0.3, -0.25) is 4.90 Å². The van der Waals surface area contributed by atoms with E-state index in [1.54, 1.807) is 0 Å². The van der Waals surface area contributed by atoms with Crippen LogP contribution in [0.1, 0.15) is 24.5 Å². The Hall–Kier alpha value is -1.07. The summed E-state index contributed by atoms with van der Waals surface area (Å²) in [5, 5.41) is 3.28. The Morgan fingerprint density at radius 1 is 1.11 bits per heavy atom. The Balaban J connectivity index is 2.43. The van der Waals surface area contributed by atoms with Crippen LogP contribution in [0.3, 0.4) is 0 Å². The van der Waals surface area contributed by atoms with Gasteiger partial charge in [-0.1, -0.05) is 31.2 Å². The van der Waals surface area contributed by atoms with Crippen LogP contribution in [0.5, 0.6) is 0 Å². The van der Waals surface area contributed by atoms with Crippen molar-refractivity contribution in [2.45, 2.75) is 32.6 Å². The first-order valence-electron chi connectivity index (χ1n) is 6.44. The Kier molecular flexibility index (Phi) is 6.31. The maximum absolute atomic E-state index is 12.2. The normalized spacial score (nSPS) is 12.1. The molecule has 1 rings (SSSR count). The molecule has 0 saturated carbocycles. The molecule has 2 nitrogen and oxygen atoms in total. The van der Waals surface area contributed by atoms with Crippen LogP contribution >= 0.6 is 0 Å². The maximum atomic E-state index is 12.2. The summed E-state index contributed by atoms with van der Waals surface area (Å²) in [6.07, 6.45) is -3.06. The van der Waals surface area contributed by atoms with Crippen LogP contribution in [-0.2, 0) is 13.1 Å². The molecule has 0 radical (unpaired) electrons. The molecule has 0 heterocycles. The first kappa shape index (κ1) is 16.0. The molecule has 0 aliphatic heterocycles. The zero-order valence-corrected chi connectivity index (χ0v) is 11.4. The monoisotopic (exact) mass is 274 g/mol. The van der Waals surface area contributed by atoms with Crippen LogP contribution < -0.4 is 5.32 Å². The second-order valence-corrected chi connectivity index (χ2v) is 4.78. The van der Waals surface area contributed by atoms with Gasteiger partial charge in [0.05, 0.1) is 6.54 Å². The smallest absolute Gasteiger partial charge is 0.313 e. The summed E-state index contributed by atoms with van der Waals surface area (Å²) in [5.74, 6) is 0. The molecule has 0 fully saturated rings. The van der Waals surface area contributed by atoms with E-state index in [9.17, 15) is 13.2 Å². The largest absolute Gasteiger partial charge is 0.401 e. The number of alkyl halides is 3. The van der Waals surface area contributed by atoms with Gasteiger partial charge in [0.15, 0.2) is 0 Å². The number of nitrogens with one attached hydrogen (secondary N) is 1. The summed E-state index contributed by atoms with van der Waals surface area (Å²) in [5.41, 5.74) is 2.04. The molecule has 0 aromatic heterocycles. The van der Waals surface area contributed by atoms with E-state index < -0.39 is 12.7 Å². The number of rotatable bonds is 7. The molecule has 0 spiro atoms. The summed E-state index contributed by atoms with van der Waals surface area (Å²) in [4.78, 5) is 1.27. The third kappa shape index (κ3) is 7.18. The highest BCUT2D eigenvalue weighted by Gasteiger charge is 2.28. The van der Waals surface area contributed by atoms with E-state index in [0.29, 0.717) is 6.54 Å². The van der Waals surface area contributed by atoms with Gasteiger partial charge in [0, 0.05) is 13.1 Å². The lowest BCUT2D eigenvalue weighted by atomic mass is 10.1. The number of benzene rings is 1. The Labute approximate surface area is 112 Å². The van der Waals surface area contributed by atoms with Gasteiger partial charge in [0.2, 0.25) is 0 Å². The molecule has 0 bridgehead atoms. The van der Waals surface area contributed by atoms with Gasteiger partial charge in [0.1, 0.15) is 0 Å². The van der Waals surface area contributed by atoms with E-state index in [1.807, 2.05) is 24.3 Å². The Morgan fingerprint density at radius 2 is 1.68 bits per heavy atom. The molecular formula is C14H21F3N2. The average Bonchev–Trinajstić information content (AvgIpc) is 2.29. The quantitative estimate of drug-likeness (QED) is 0.768. The summed E-state index contributed by atoms with van der Waals surface area (Å²) in [7, 11) is 1.48. The predicted octanol–water partition coefficient (Wildman–Crippen LogP) is 3.18. The van der Waals surface area contributed by atoms with E-state index in [1.165, 1.54) is 11.9 Å². The highest BCUT2D eigenvalue weighted by Crippen LogP contribution is 2.17. The van der Waals surface area contributed by atoms with Crippen molar-refractivity contribution < 1.29 is 13.2 Å². The summed E-state index contributed by atoms with van der Waals surface area (Å²) in [6.45, 7) is 3.30. The fraction of sp³-hybridized carbons (Fsp3) is 0.571. The summed E-state index contributed by atoms with van der Waals surface area (Å²) >= 11 is 0. The molecule has 0 aliphatic rings. The van der Waals surface area contributed by atoms with Crippen molar-refractivity contribution in [3.8, 4) is 0 Å². The van der Waals surface area contributed by atoms with Gasteiger partial charge in [-0.25, -0.2) is 0 Å². The first-order valence-corrected chi connectivity index (χ1v) is 6.44. The number of nitrogens with zero attached hydrogens (tertiary/aromatic N) is 1. The van der Waals surface area contributed by atoms with Crippen molar-refractivity contribution in [2.75, 3.05) is 20.1 Å². The van der Waals surface area contributed by atoms with Crippen LogP contribution in [0.25, 0.3) is 0 Å². The fourth-order valence-corrected chi connectivity index (χ4v) is 1.85. The predicted molar refractivity (Wildman–Crippen MR) is 70.8 cm³/mol. The van der Waals surface area contributed by atoms with Gasteiger partial charge < -0.3 is 5.32 Å². The minimum Gasteiger partial charge on any atom is -0.313 e. The van der Waals surface area contributed by atoms with Crippen LogP contribution in [-0.4, -0.2) is 31.2 Å². The average molecular weight is 274 g/mol. The van der Waals surface area contributed by atoms with Crippen LogP contribution in [0.2, 0.25) is 0 Å². The summed E-state index contributed by atoms with van der Waals surface area (Å²) in [6, 6.07) is 7.69. The standard InChI is InChI=1S/C14H21F3N2/c1-3-8-18-9-12-4-6-13(7-5-12)10-19(2)11-14(15,16)17/h4-7,18H,3,8-11H2,1-2H3. The number of halogens is 3. The van der Waals surface area contributed by atoms with Gasteiger partial charge in [-0.2, -0.15) is 13.2 Å². The Bertz CT molecular complexity index is 360. The molecule has 0 aliphatic carbocycles. The lowest BCUT2D eigenvalue weighted by Gasteiger charge is -2.18. The van der Waals surface area contributed by atoms with Crippen LogP contribution in [0, 0.1) is 0 Å². The SMILES string of the molecule is CCCNCc1ccc(CN(C)CC(F)(F)F)cc1. The maximum Gasteiger partial charge on any atom is 0.401 e. The minimum absolute atomic E-state index is 0.308. The third-order valence-corrected chi connectivity index (χ3v) is 2.68. The van der Waals surface area contributed by atoms with Gasteiger partial charge >= 0.3 is 6.18 Å². The molecular weight excluding hydrogens is 253 g/mol. The molecule has 0 atom stereocenters. The molecule has 1 aromatic rings. The topological polar surface area (TPSA) is 15.3 Å². The molecule has 0 unspecified atom stereocenters. The Morgan fingerprint density at radius 3 is 2.21 bits per heavy atom. The lowest BCUT2D eigenvalue weighted by molar-refractivity contribution is -0.144. The van der Waals surface area contributed by atoms with Crippen molar-refractivity contribution >= 4 is 0 Å². The zero-order valence-electron chi connectivity index (χ0n) is 11.4. The van der Waals surface area contributed by atoms with E-state index in [-0.39, 0.29) is 0 Å². The second-order valence-electron chi connectivity index (χ2n) is 4.78. The van der Waals surface area contributed by atoms with Crippen molar-refractivity contribution in [2.24, 2.45) is 0 Å². The van der Waals surface area contributed by atoms with E-state index in [2.05, 4.69) is 12.2 Å². The van der Waals surface area contributed by atoms with E-state index in [4.69, 9.17) is 0 Å². The number of hydrogen-bond acceptors (Lipinski definition) is 2. The van der Waals surface area contributed by atoms with Crippen molar-refractivity contribution in [3.05, 3.63) is 35.4 Å². The zero-order chi connectivity index (χ0) is 14.3. The molecule has 0 saturated heterocycles. The van der Waals surface area contributed by atoms with E-state index >= 15 is 0 Å². The van der Waals surface area contributed by atoms with E-state index in [0.717, 1.165) is 30.6 Å². The number of hydrogen-bond donors (Lipinski definition) is 1. The van der Waals surface area contributed by atoms with Crippen LogP contribution in [0.15, 0.2) is 24.3 Å². The molecule has 108 valence electrons. The van der Waals surface area contributed by atoms with Gasteiger partial charge in [-0.05, 0) is 31.1 Å². The molecule has 0 amide bonds. The lowest BCUT2D eigenvalue weighted by Crippen LogP contribution is -2.30.